The van der Waals surface area contributed by atoms with Crippen molar-refractivity contribution in [1.29, 1.82) is 0 Å². The smallest absolute Gasteiger partial charge is 0.314 e. The van der Waals surface area contributed by atoms with Crippen molar-refractivity contribution in [1.82, 2.24) is 5.32 Å². The molecule has 80 valence electrons. The molecular weight excluding hydrogens is 190 g/mol. The Kier molecular flexibility index (Phi) is 3.02. The van der Waals surface area contributed by atoms with E-state index >= 15 is 0 Å². The number of hydrogen-bond acceptors (Lipinski definition) is 3. The summed E-state index contributed by atoms with van der Waals surface area (Å²) in [6.45, 7) is 3.79. The molecule has 0 aromatic heterocycles. The Bertz CT molecular complexity index is 362. The molecule has 1 aliphatic rings. The Hall–Kier alpha value is -1.35. The fraction of sp³-hybridized carbons (Fsp3) is 0.417. The van der Waals surface area contributed by atoms with E-state index in [2.05, 4.69) is 5.32 Å². The Morgan fingerprint density at radius 1 is 1.53 bits per heavy atom. The van der Waals surface area contributed by atoms with Crippen LogP contribution in [0.4, 0.5) is 0 Å². The van der Waals surface area contributed by atoms with Crippen LogP contribution >= 0.6 is 0 Å². The molecule has 3 nitrogen and oxygen atoms in total. The number of benzene rings is 1. The lowest BCUT2D eigenvalue weighted by Crippen LogP contribution is -2.33. The molecule has 0 saturated heterocycles. The highest BCUT2D eigenvalue weighted by Crippen LogP contribution is 2.24. The predicted molar refractivity (Wildman–Crippen MR) is 57.5 cm³/mol. The summed E-state index contributed by atoms with van der Waals surface area (Å²) in [7, 11) is 0. The molecule has 1 heterocycles. The van der Waals surface area contributed by atoms with Crippen molar-refractivity contribution in [2.45, 2.75) is 19.4 Å². The monoisotopic (exact) mass is 205 g/mol. The molecule has 3 heteroatoms. The van der Waals surface area contributed by atoms with Crippen LogP contribution in [0.3, 0.4) is 0 Å². The molecule has 1 N–H and O–H groups in total. The highest BCUT2D eigenvalue weighted by Gasteiger charge is 2.26. The second-order valence-electron chi connectivity index (χ2n) is 3.63. The van der Waals surface area contributed by atoms with Gasteiger partial charge in [-0.3, -0.25) is 4.79 Å². The minimum atomic E-state index is -0.144. The maximum absolute atomic E-state index is 11.7. The zero-order valence-corrected chi connectivity index (χ0v) is 8.82. The summed E-state index contributed by atoms with van der Waals surface area (Å²) in [6, 6.07) is 8.02. The predicted octanol–water partition coefficient (Wildman–Crippen LogP) is 1.44. The van der Waals surface area contributed by atoms with Crippen LogP contribution in [0.15, 0.2) is 24.3 Å². The molecule has 1 aromatic rings. The molecule has 0 radical (unpaired) electrons. The van der Waals surface area contributed by atoms with Crippen molar-refractivity contribution in [3.8, 4) is 0 Å². The van der Waals surface area contributed by atoms with Crippen molar-refractivity contribution in [2.75, 3.05) is 13.2 Å². The summed E-state index contributed by atoms with van der Waals surface area (Å²) in [5.74, 6) is -0.271. The van der Waals surface area contributed by atoms with Crippen LogP contribution in [-0.4, -0.2) is 19.1 Å². The van der Waals surface area contributed by atoms with E-state index < -0.39 is 0 Å². The minimum Gasteiger partial charge on any atom is -0.465 e. The summed E-state index contributed by atoms with van der Waals surface area (Å²) in [4.78, 5) is 11.7. The summed E-state index contributed by atoms with van der Waals surface area (Å²) in [5.41, 5.74) is 2.30. The fourth-order valence-corrected chi connectivity index (χ4v) is 1.95. The van der Waals surface area contributed by atoms with E-state index in [-0.39, 0.29) is 11.9 Å². The maximum Gasteiger partial charge on any atom is 0.314 e. The second-order valence-corrected chi connectivity index (χ2v) is 3.63. The molecule has 0 aliphatic carbocycles. The zero-order chi connectivity index (χ0) is 10.7. The van der Waals surface area contributed by atoms with Gasteiger partial charge in [-0.15, -0.1) is 0 Å². The van der Waals surface area contributed by atoms with Gasteiger partial charge in [0.05, 0.1) is 12.5 Å². The average molecular weight is 205 g/mol. The zero-order valence-electron chi connectivity index (χ0n) is 8.82. The van der Waals surface area contributed by atoms with E-state index in [9.17, 15) is 4.79 Å². The Balaban J connectivity index is 2.25. The summed E-state index contributed by atoms with van der Waals surface area (Å²) >= 11 is 0. The minimum absolute atomic E-state index is 0.128. The van der Waals surface area contributed by atoms with Crippen LogP contribution in [0, 0.1) is 0 Å². The Labute approximate surface area is 89.4 Å². The van der Waals surface area contributed by atoms with E-state index in [0.717, 1.165) is 12.1 Å². The van der Waals surface area contributed by atoms with Gasteiger partial charge in [-0.1, -0.05) is 24.3 Å². The van der Waals surface area contributed by atoms with E-state index in [1.54, 1.807) is 0 Å². The number of rotatable bonds is 2. The number of hydrogen-bond donors (Lipinski definition) is 1. The SMILES string of the molecule is CCOC(=O)C1CNCc2ccccc21. The number of fused-ring (bicyclic) bond motifs is 1. The van der Waals surface area contributed by atoms with Crippen LogP contribution in [0.1, 0.15) is 24.0 Å². The van der Waals surface area contributed by atoms with Crippen molar-refractivity contribution in [3.05, 3.63) is 35.4 Å². The van der Waals surface area contributed by atoms with Gasteiger partial charge in [0.15, 0.2) is 0 Å². The first-order valence-electron chi connectivity index (χ1n) is 5.28. The van der Waals surface area contributed by atoms with Crippen LogP contribution in [0.2, 0.25) is 0 Å². The first-order valence-corrected chi connectivity index (χ1v) is 5.28. The topological polar surface area (TPSA) is 38.3 Å². The van der Waals surface area contributed by atoms with Gasteiger partial charge in [-0.05, 0) is 18.1 Å². The third-order valence-corrected chi connectivity index (χ3v) is 2.67. The Morgan fingerprint density at radius 3 is 3.13 bits per heavy atom. The van der Waals surface area contributed by atoms with Gasteiger partial charge in [-0.25, -0.2) is 0 Å². The normalized spacial score (nSPS) is 19.4. The first kappa shape index (κ1) is 10.2. The molecule has 0 amide bonds. The summed E-state index contributed by atoms with van der Waals surface area (Å²) < 4.78 is 5.06. The third-order valence-electron chi connectivity index (χ3n) is 2.67. The van der Waals surface area contributed by atoms with Gasteiger partial charge in [0.25, 0.3) is 0 Å². The quantitative estimate of drug-likeness (QED) is 0.742. The fourth-order valence-electron chi connectivity index (χ4n) is 1.95. The molecule has 1 atom stereocenters. The number of ether oxygens (including phenoxy) is 1. The summed E-state index contributed by atoms with van der Waals surface area (Å²) in [5, 5.41) is 3.23. The van der Waals surface area contributed by atoms with E-state index in [0.29, 0.717) is 13.2 Å². The molecule has 0 saturated carbocycles. The number of nitrogens with one attached hydrogen (secondary N) is 1. The highest BCUT2D eigenvalue weighted by molar-refractivity contribution is 5.79. The van der Waals surface area contributed by atoms with Crippen LogP contribution in [-0.2, 0) is 16.1 Å². The molecule has 2 rings (SSSR count). The molecule has 0 spiro atoms. The van der Waals surface area contributed by atoms with Crippen molar-refractivity contribution in [3.63, 3.8) is 0 Å². The van der Waals surface area contributed by atoms with Crippen LogP contribution < -0.4 is 5.32 Å². The molecule has 1 aromatic carbocycles. The molecule has 1 aliphatic heterocycles. The molecule has 1 unspecified atom stereocenters. The number of carbonyl (C=O) groups excluding carboxylic acids is 1. The maximum atomic E-state index is 11.7. The van der Waals surface area contributed by atoms with Crippen molar-refractivity contribution < 1.29 is 9.53 Å². The third kappa shape index (κ3) is 2.02. The number of carbonyl (C=O) groups is 1. The lowest BCUT2D eigenvalue weighted by molar-refractivity contribution is -0.145. The van der Waals surface area contributed by atoms with E-state index in [1.807, 2.05) is 31.2 Å². The van der Waals surface area contributed by atoms with Crippen LogP contribution in [0.5, 0.6) is 0 Å². The van der Waals surface area contributed by atoms with Gasteiger partial charge in [0.1, 0.15) is 0 Å². The molecular formula is C12H15NO2. The van der Waals surface area contributed by atoms with Gasteiger partial charge < -0.3 is 10.1 Å². The molecule has 0 fully saturated rings. The average Bonchev–Trinajstić information content (AvgIpc) is 2.28. The number of esters is 1. The highest BCUT2D eigenvalue weighted by atomic mass is 16.5. The lowest BCUT2D eigenvalue weighted by Gasteiger charge is -2.24. The first-order chi connectivity index (χ1) is 7.33. The van der Waals surface area contributed by atoms with E-state index in [4.69, 9.17) is 4.74 Å². The van der Waals surface area contributed by atoms with Crippen molar-refractivity contribution in [2.24, 2.45) is 0 Å². The Morgan fingerprint density at radius 2 is 2.33 bits per heavy atom. The van der Waals surface area contributed by atoms with Gasteiger partial charge in [0, 0.05) is 13.1 Å². The molecule has 15 heavy (non-hydrogen) atoms. The molecule has 0 bridgehead atoms. The van der Waals surface area contributed by atoms with Gasteiger partial charge >= 0.3 is 5.97 Å². The van der Waals surface area contributed by atoms with Crippen molar-refractivity contribution >= 4 is 5.97 Å². The summed E-state index contributed by atoms with van der Waals surface area (Å²) in [6.07, 6.45) is 0. The van der Waals surface area contributed by atoms with Crippen LogP contribution in [0.25, 0.3) is 0 Å². The van der Waals surface area contributed by atoms with E-state index in [1.165, 1.54) is 5.56 Å². The largest absolute Gasteiger partial charge is 0.465 e. The standard InChI is InChI=1S/C12H15NO2/c1-2-15-12(14)11-8-13-7-9-5-3-4-6-10(9)11/h3-6,11,13H,2,7-8H2,1H3. The van der Waals surface area contributed by atoms with Gasteiger partial charge in [-0.2, -0.15) is 0 Å². The lowest BCUT2D eigenvalue weighted by atomic mass is 9.91. The second kappa shape index (κ2) is 4.45. The van der Waals surface area contributed by atoms with Gasteiger partial charge in [0.2, 0.25) is 0 Å².